The third-order valence-electron chi connectivity index (χ3n) is 3.29. The Hall–Kier alpha value is -1.69. The minimum absolute atomic E-state index is 0.0169. The van der Waals surface area contributed by atoms with E-state index in [2.05, 4.69) is 4.72 Å². The van der Waals surface area contributed by atoms with Crippen LogP contribution in [0.25, 0.3) is 0 Å². The van der Waals surface area contributed by atoms with Crippen LogP contribution in [-0.2, 0) is 22.2 Å². The minimum atomic E-state index is -3.45. The van der Waals surface area contributed by atoms with Crippen LogP contribution in [0.4, 0.5) is 0 Å². The highest BCUT2D eigenvalue weighted by Crippen LogP contribution is 2.08. The van der Waals surface area contributed by atoms with Gasteiger partial charge in [-0.15, -0.1) is 0 Å². The van der Waals surface area contributed by atoms with Crippen LogP contribution in [-0.4, -0.2) is 26.2 Å². The van der Waals surface area contributed by atoms with Gasteiger partial charge in [0.25, 0.3) is 0 Å². The maximum atomic E-state index is 12.0. The summed E-state index contributed by atoms with van der Waals surface area (Å²) >= 11 is 0. The minimum Gasteiger partial charge on any atom is -0.391 e. The van der Waals surface area contributed by atoms with Gasteiger partial charge in [0.05, 0.1) is 11.9 Å². The van der Waals surface area contributed by atoms with Crippen molar-refractivity contribution in [1.82, 2.24) is 4.72 Å². The summed E-state index contributed by atoms with van der Waals surface area (Å²) in [6.45, 7) is 1.94. The lowest BCUT2D eigenvalue weighted by Gasteiger charge is -2.12. The Bertz CT molecular complexity index is 699. The second-order valence-corrected chi connectivity index (χ2v) is 7.25. The first kappa shape index (κ1) is 16.7. The van der Waals surface area contributed by atoms with Crippen molar-refractivity contribution < 1.29 is 13.5 Å². The third kappa shape index (κ3) is 5.60. The number of aryl methyl sites for hydroxylation is 1. The molecular weight excluding hydrogens is 298 g/mol. The summed E-state index contributed by atoms with van der Waals surface area (Å²) in [5.41, 5.74) is 2.75. The first-order valence-electron chi connectivity index (χ1n) is 7.19. The van der Waals surface area contributed by atoms with Gasteiger partial charge < -0.3 is 5.11 Å². The summed E-state index contributed by atoms with van der Waals surface area (Å²) in [4.78, 5) is 0. The molecule has 5 heteroatoms. The van der Waals surface area contributed by atoms with Crippen LogP contribution in [0.3, 0.4) is 0 Å². The van der Waals surface area contributed by atoms with E-state index in [-0.39, 0.29) is 12.3 Å². The number of nitrogens with one attached hydrogen (secondary N) is 1. The summed E-state index contributed by atoms with van der Waals surface area (Å²) < 4.78 is 26.6. The van der Waals surface area contributed by atoms with E-state index in [4.69, 9.17) is 0 Å². The van der Waals surface area contributed by atoms with Crippen LogP contribution >= 0.6 is 0 Å². The van der Waals surface area contributed by atoms with Crippen LogP contribution in [0.15, 0.2) is 54.6 Å². The molecule has 0 unspecified atom stereocenters. The maximum Gasteiger partial charge on any atom is 0.215 e. The number of hydrogen-bond donors (Lipinski definition) is 2. The molecule has 0 bridgehead atoms. The Balaban J connectivity index is 1.87. The predicted molar refractivity (Wildman–Crippen MR) is 88.0 cm³/mol. The van der Waals surface area contributed by atoms with Crippen LogP contribution in [0.1, 0.15) is 16.7 Å². The van der Waals surface area contributed by atoms with Crippen molar-refractivity contribution in [2.24, 2.45) is 0 Å². The van der Waals surface area contributed by atoms with Crippen molar-refractivity contribution in [1.29, 1.82) is 0 Å². The van der Waals surface area contributed by atoms with Crippen LogP contribution in [0.2, 0.25) is 0 Å². The van der Waals surface area contributed by atoms with Crippen molar-refractivity contribution in [2.75, 3.05) is 6.54 Å². The fourth-order valence-corrected chi connectivity index (χ4v) is 3.42. The summed E-state index contributed by atoms with van der Waals surface area (Å²) in [5, 5.41) is 9.95. The van der Waals surface area contributed by atoms with E-state index in [9.17, 15) is 13.5 Å². The van der Waals surface area contributed by atoms with Gasteiger partial charge in [-0.2, -0.15) is 0 Å². The fraction of sp³-hybridized carbons (Fsp3) is 0.294. The molecule has 22 heavy (non-hydrogen) atoms. The fourth-order valence-electron chi connectivity index (χ4n) is 2.25. The first-order valence-corrected chi connectivity index (χ1v) is 8.85. The maximum absolute atomic E-state index is 12.0. The molecule has 0 spiro atoms. The zero-order valence-electron chi connectivity index (χ0n) is 12.6. The van der Waals surface area contributed by atoms with Crippen LogP contribution in [0.5, 0.6) is 0 Å². The molecule has 2 aromatic rings. The SMILES string of the molecule is Cc1cccc(CS(=O)(=O)NC[C@H](O)Cc2ccccc2)c1. The number of sulfonamides is 1. The molecule has 0 aromatic heterocycles. The Kier molecular flexibility index (Phi) is 5.71. The monoisotopic (exact) mass is 319 g/mol. The van der Waals surface area contributed by atoms with Gasteiger partial charge >= 0.3 is 0 Å². The molecule has 0 heterocycles. The van der Waals surface area contributed by atoms with E-state index in [1.165, 1.54) is 0 Å². The third-order valence-corrected chi connectivity index (χ3v) is 4.61. The molecule has 0 fully saturated rings. The molecule has 4 nitrogen and oxygen atoms in total. The predicted octanol–water partition coefficient (Wildman–Crippen LogP) is 2.02. The molecule has 0 aliphatic heterocycles. The summed E-state index contributed by atoms with van der Waals surface area (Å²) in [7, 11) is -3.45. The molecule has 0 amide bonds. The first-order chi connectivity index (χ1) is 10.4. The number of hydrogen-bond acceptors (Lipinski definition) is 3. The lowest BCUT2D eigenvalue weighted by Crippen LogP contribution is -2.34. The van der Waals surface area contributed by atoms with Gasteiger partial charge in [0.2, 0.25) is 10.0 Å². The van der Waals surface area contributed by atoms with E-state index in [1.54, 1.807) is 6.07 Å². The lowest BCUT2D eigenvalue weighted by molar-refractivity contribution is 0.179. The van der Waals surface area contributed by atoms with Gasteiger partial charge in [-0.3, -0.25) is 0 Å². The van der Waals surface area contributed by atoms with Crippen molar-refractivity contribution in [3.05, 3.63) is 71.3 Å². The number of rotatable bonds is 7. The number of aliphatic hydroxyl groups is 1. The molecule has 1 atom stereocenters. The van der Waals surface area contributed by atoms with Gasteiger partial charge in [0, 0.05) is 6.54 Å². The molecule has 0 saturated heterocycles. The molecule has 2 N–H and O–H groups in total. The van der Waals surface area contributed by atoms with E-state index in [0.29, 0.717) is 6.42 Å². The highest BCUT2D eigenvalue weighted by molar-refractivity contribution is 7.88. The molecule has 0 aliphatic carbocycles. The van der Waals surface area contributed by atoms with Crippen LogP contribution < -0.4 is 4.72 Å². The topological polar surface area (TPSA) is 66.4 Å². The Morgan fingerprint density at radius 2 is 1.73 bits per heavy atom. The second-order valence-electron chi connectivity index (χ2n) is 5.44. The number of benzene rings is 2. The van der Waals surface area contributed by atoms with E-state index in [0.717, 1.165) is 16.7 Å². The van der Waals surface area contributed by atoms with Gasteiger partial charge in [-0.1, -0.05) is 60.2 Å². The normalized spacial score (nSPS) is 13.0. The number of aliphatic hydroxyl groups excluding tert-OH is 1. The zero-order chi connectivity index (χ0) is 16.0. The highest BCUT2D eigenvalue weighted by atomic mass is 32.2. The molecule has 2 rings (SSSR count). The van der Waals surface area contributed by atoms with E-state index >= 15 is 0 Å². The smallest absolute Gasteiger partial charge is 0.215 e. The summed E-state index contributed by atoms with van der Waals surface area (Å²) in [6.07, 6.45) is -0.317. The van der Waals surface area contributed by atoms with Crippen molar-refractivity contribution >= 4 is 10.0 Å². The van der Waals surface area contributed by atoms with E-state index < -0.39 is 16.1 Å². The van der Waals surface area contributed by atoms with Crippen molar-refractivity contribution in [2.45, 2.75) is 25.2 Å². The standard InChI is InChI=1S/C17H21NO3S/c1-14-6-5-9-16(10-14)13-22(20,21)18-12-17(19)11-15-7-3-2-4-8-15/h2-10,17-19H,11-13H2,1H3/t17-/m1/s1. The average molecular weight is 319 g/mol. The zero-order valence-corrected chi connectivity index (χ0v) is 13.4. The second kappa shape index (κ2) is 7.54. The molecule has 0 saturated carbocycles. The van der Waals surface area contributed by atoms with Gasteiger partial charge in [-0.05, 0) is 24.5 Å². The largest absolute Gasteiger partial charge is 0.391 e. The van der Waals surface area contributed by atoms with Crippen molar-refractivity contribution in [3.63, 3.8) is 0 Å². The summed E-state index contributed by atoms with van der Waals surface area (Å²) in [6, 6.07) is 16.9. The van der Waals surface area contributed by atoms with Gasteiger partial charge in [-0.25, -0.2) is 13.1 Å². The van der Waals surface area contributed by atoms with Gasteiger partial charge in [0.15, 0.2) is 0 Å². The average Bonchev–Trinajstić information content (AvgIpc) is 2.46. The molecule has 0 radical (unpaired) electrons. The molecular formula is C17H21NO3S. The summed E-state index contributed by atoms with van der Waals surface area (Å²) in [5.74, 6) is -0.0766. The van der Waals surface area contributed by atoms with Gasteiger partial charge in [0.1, 0.15) is 0 Å². The Labute approximate surface area is 131 Å². The molecule has 2 aromatic carbocycles. The highest BCUT2D eigenvalue weighted by Gasteiger charge is 2.14. The lowest BCUT2D eigenvalue weighted by atomic mass is 10.1. The molecule has 118 valence electrons. The van der Waals surface area contributed by atoms with E-state index in [1.807, 2.05) is 55.5 Å². The van der Waals surface area contributed by atoms with Crippen LogP contribution in [0, 0.1) is 6.92 Å². The Morgan fingerprint density at radius 1 is 1.05 bits per heavy atom. The Morgan fingerprint density at radius 3 is 2.41 bits per heavy atom. The quantitative estimate of drug-likeness (QED) is 0.820. The molecule has 0 aliphatic rings. The van der Waals surface area contributed by atoms with Crippen molar-refractivity contribution in [3.8, 4) is 0 Å².